The summed E-state index contributed by atoms with van der Waals surface area (Å²) in [7, 11) is 1.90. The molecule has 108 valence electrons. The fraction of sp³-hybridized carbons (Fsp3) is 0.0588. The van der Waals surface area contributed by atoms with E-state index in [-0.39, 0.29) is 0 Å². The monoisotopic (exact) mass is 308 g/mol. The molecule has 22 heavy (non-hydrogen) atoms. The first-order valence-electron chi connectivity index (χ1n) is 6.95. The quantitative estimate of drug-likeness (QED) is 0.686. The molecule has 0 aliphatic carbocycles. The fourth-order valence-corrected chi connectivity index (χ4v) is 2.86. The molecule has 1 aliphatic heterocycles. The molecule has 0 saturated carbocycles. The number of anilines is 1. The van der Waals surface area contributed by atoms with E-state index >= 15 is 0 Å². The van der Waals surface area contributed by atoms with Gasteiger partial charge in [0, 0.05) is 35.6 Å². The highest BCUT2D eigenvalue weighted by atomic mass is 35.5. The van der Waals surface area contributed by atoms with Gasteiger partial charge < -0.3 is 0 Å². The number of fused-ring (bicyclic) bond motifs is 3. The van der Waals surface area contributed by atoms with Gasteiger partial charge in [0.25, 0.3) is 0 Å². The maximum atomic E-state index is 6.23. The van der Waals surface area contributed by atoms with Gasteiger partial charge in [0.15, 0.2) is 0 Å². The third-order valence-corrected chi connectivity index (χ3v) is 3.92. The molecule has 0 spiro atoms. The van der Waals surface area contributed by atoms with Crippen molar-refractivity contribution >= 4 is 23.3 Å². The predicted molar refractivity (Wildman–Crippen MR) is 89.1 cm³/mol. The van der Waals surface area contributed by atoms with Gasteiger partial charge in [-0.3, -0.25) is 4.57 Å². The van der Waals surface area contributed by atoms with Crippen molar-refractivity contribution in [1.29, 1.82) is 0 Å². The van der Waals surface area contributed by atoms with Crippen molar-refractivity contribution in [2.45, 2.75) is 0 Å². The van der Waals surface area contributed by atoms with Crippen LogP contribution in [0.3, 0.4) is 0 Å². The van der Waals surface area contributed by atoms with Gasteiger partial charge in [-0.05, 0) is 18.2 Å². The van der Waals surface area contributed by atoms with Gasteiger partial charge in [-0.25, -0.2) is 9.99 Å². The summed E-state index contributed by atoms with van der Waals surface area (Å²) < 4.78 is 2.02. The highest BCUT2D eigenvalue weighted by Crippen LogP contribution is 2.29. The Morgan fingerprint density at radius 1 is 1.05 bits per heavy atom. The first kappa shape index (κ1) is 13.1. The predicted octanol–water partition coefficient (Wildman–Crippen LogP) is 3.73. The molecule has 0 fully saturated rings. The molecule has 1 aliphatic rings. The lowest BCUT2D eigenvalue weighted by Crippen LogP contribution is -2.14. The van der Waals surface area contributed by atoms with Crippen LogP contribution >= 0.6 is 11.6 Å². The molecule has 1 aromatic heterocycles. The Bertz CT molecular complexity index is 867. The number of halogens is 1. The van der Waals surface area contributed by atoms with E-state index in [1.165, 1.54) is 0 Å². The van der Waals surface area contributed by atoms with Crippen LogP contribution in [0.4, 0.5) is 5.95 Å². The molecule has 2 aromatic carbocycles. The Labute approximate surface area is 133 Å². The molecule has 3 aromatic rings. The molecular formula is C17H13ClN4. The summed E-state index contributed by atoms with van der Waals surface area (Å²) in [5.41, 5.74) is 3.93. The van der Waals surface area contributed by atoms with Crippen molar-refractivity contribution in [3.05, 3.63) is 77.1 Å². The minimum absolute atomic E-state index is 0.689. The van der Waals surface area contributed by atoms with Crippen LogP contribution in [0.5, 0.6) is 0 Å². The van der Waals surface area contributed by atoms with Crippen LogP contribution in [0.15, 0.2) is 66.0 Å². The SMILES string of the molecule is CN1N=C(c2ccccc2)c2cc(Cl)ccc2-n2ccnc21. The fourth-order valence-electron chi connectivity index (χ4n) is 2.69. The van der Waals surface area contributed by atoms with Crippen molar-refractivity contribution in [3.63, 3.8) is 0 Å². The van der Waals surface area contributed by atoms with Crippen LogP contribution in [0, 0.1) is 0 Å². The summed E-state index contributed by atoms with van der Waals surface area (Å²) in [5.74, 6) is 0.773. The average Bonchev–Trinajstić information content (AvgIpc) is 2.99. The van der Waals surface area contributed by atoms with Crippen LogP contribution in [0.1, 0.15) is 11.1 Å². The van der Waals surface area contributed by atoms with Crippen molar-refractivity contribution in [2.24, 2.45) is 5.10 Å². The second-order valence-corrected chi connectivity index (χ2v) is 5.53. The molecule has 4 rings (SSSR count). The number of nitrogens with zero attached hydrogens (tertiary/aromatic N) is 4. The van der Waals surface area contributed by atoms with Gasteiger partial charge in [-0.2, -0.15) is 5.10 Å². The molecular weight excluding hydrogens is 296 g/mol. The summed E-state index contributed by atoms with van der Waals surface area (Å²) in [5, 5.41) is 7.23. The zero-order valence-corrected chi connectivity index (χ0v) is 12.7. The van der Waals surface area contributed by atoms with Crippen molar-refractivity contribution < 1.29 is 0 Å². The highest BCUT2D eigenvalue weighted by Gasteiger charge is 2.22. The zero-order chi connectivity index (χ0) is 15.1. The molecule has 0 atom stereocenters. The van der Waals surface area contributed by atoms with Gasteiger partial charge >= 0.3 is 0 Å². The molecule has 0 N–H and O–H groups in total. The number of hydrazone groups is 1. The Morgan fingerprint density at radius 3 is 2.68 bits per heavy atom. The van der Waals surface area contributed by atoms with E-state index in [0.717, 1.165) is 28.5 Å². The van der Waals surface area contributed by atoms with Crippen LogP contribution in [0.2, 0.25) is 5.02 Å². The number of imidazole rings is 1. The van der Waals surface area contributed by atoms with Crippen molar-refractivity contribution in [2.75, 3.05) is 12.1 Å². The van der Waals surface area contributed by atoms with E-state index in [0.29, 0.717) is 5.02 Å². The van der Waals surface area contributed by atoms with Crippen LogP contribution in [0.25, 0.3) is 5.69 Å². The summed E-state index contributed by atoms with van der Waals surface area (Å²) >= 11 is 6.23. The molecule has 5 heteroatoms. The number of hydrogen-bond acceptors (Lipinski definition) is 3. The molecule has 0 saturated heterocycles. The molecule has 2 heterocycles. The lowest BCUT2D eigenvalue weighted by Gasteiger charge is -2.11. The first-order chi connectivity index (χ1) is 10.7. The third kappa shape index (κ3) is 2.00. The Morgan fingerprint density at radius 2 is 1.86 bits per heavy atom. The van der Waals surface area contributed by atoms with Gasteiger partial charge in [-0.1, -0.05) is 41.9 Å². The smallest absolute Gasteiger partial charge is 0.230 e. The highest BCUT2D eigenvalue weighted by molar-refractivity contribution is 6.31. The Hall–Kier alpha value is -2.59. The molecule has 0 bridgehead atoms. The molecule has 0 radical (unpaired) electrons. The van der Waals surface area contributed by atoms with Crippen molar-refractivity contribution in [3.8, 4) is 5.69 Å². The molecule has 0 unspecified atom stereocenters. The minimum Gasteiger partial charge on any atom is -0.284 e. The largest absolute Gasteiger partial charge is 0.284 e. The topological polar surface area (TPSA) is 33.4 Å². The number of rotatable bonds is 1. The Kier molecular flexibility index (Phi) is 2.98. The van der Waals surface area contributed by atoms with E-state index in [9.17, 15) is 0 Å². The van der Waals surface area contributed by atoms with Gasteiger partial charge in [0.05, 0.1) is 5.69 Å². The first-order valence-corrected chi connectivity index (χ1v) is 7.33. The second-order valence-electron chi connectivity index (χ2n) is 5.10. The maximum absolute atomic E-state index is 6.23. The van der Waals surface area contributed by atoms with E-state index < -0.39 is 0 Å². The van der Waals surface area contributed by atoms with Crippen LogP contribution < -0.4 is 5.01 Å². The van der Waals surface area contributed by atoms with Crippen LogP contribution in [-0.4, -0.2) is 22.3 Å². The van der Waals surface area contributed by atoms with E-state index in [4.69, 9.17) is 16.7 Å². The van der Waals surface area contributed by atoms with Gasteiger partial charge in [0.2, 0.25) is 5.95 Å². The third-order valence-electron chi connectivity index (χ3n) is 3.68. The number of hydrogen-bond donors (Lipinski definition) is 0. The number of aromatic nitrogens is 2. The number of benzene rings is 2. The summed E-state index contributed by atoms with van der Waals surface area (Å²) in [6.07, 6.45) is 3.70. The summed E-state index contributed by atoms with van der Waals surface area (Å²) in [6.45, 7) is 0. The molecule has 0 amide bonds. The van der Waals surface area contributed by atoms with Gasteiger partial charge in [0.1, 0.15) is 5.71 Å². The van der Waals surface area contributed by atoms with E-state index in [2.05, 4.69) is 4.98 Å². The van der Waals surface area contributed by atoms with Crippen LogP contribution in [-0.2, 0) is 0 Å². The van der Waals surface area contributed by atoms with Crippen molar-refractivity contribution in [1.82, 2.24) is 9.55 Å². The van der Waals surface area contributed by atoms with E-state index in [1.54, 1.807) is 11.2 Å². The summed E-state index contributed by atoms with van der Waals surface area (Å²) in [4.78, 5) is 4.40. The van der Waals surface area contributed by atoms with E-state index in [1.807, 2.05) is 66.3 Å². The maximum Gasteiger partial charge on any atom is 0.230 e. The van der Waals surface area contributed by atoms with Gasteiger partial charge in [-0.15, -0.1) is 0 Å². The second kappa shape index (κ2) is 5.00. The zero-order valence-electron chi connectivity index (χ0n) is 11.9. The lowest BCUT2D eigenvalue weighted by atomic mass is 10.0. The normalized spacial score (nSPS) is 13.2. The average molecular weight is 309 g/mol. The standard InChI is InChI=1S/C17H13ClN4/c1-21-17-19-9-10-22(17)15-8-7-13(18)11-14(15)16(20-21)12-5-3-2-4-6-12/h2-11H,1H3. The minimum atomic E-state index is 0.689. The molecule has 4 nitrogen and oxygen atoms in total. The lowest BCUT2D eigenvalue weighted by molar-refractivity contribution is 0.913. The summed E-state index contributed by atoms with van der Waals surface area (Å²) in [6, 6.07) is 15.9. The Balaban J connectivity index is 2.03.